The SMILES string of the molecule is Cc1c(C(=O)N2CCN([C@@H]3COC[C@@H](O)[C@H]3O)CC2)[nH]c2ccccc12. The average molecular weight is 359 g/mol. The number of rotatable bonds is 2. The van der Waals surface area contributed by atoms with E-state index in [1.165, 1.54) is 0 Å². The second-order valence-electron chi connectivity index (χ2n) is 7.16. The van der Waals surface area contributed by atoms with Crippen molar-refractivity contribution in [1.29, 1.82) is 0 Å². The number of ether oxygens (including phenoxy) is 1. The average Bonchev–Trinajstić information content (AvgIpc) is 3.01. The number of aliphatic hydroxyl groups excluding tert-OH is 2. The van der Waals surface area contributed by atoms with Crippen LogP contribution in [0.2, 0.25) is 0 Å². The van der Waals surface area contributed by atoms with Crippen LogP contribution in [0.4, 0.5) is 0 Å². The Balaban J connectivity index is 1.44. The quantitative estimate of drug-likeness (QED) is 0.720. The molecule has 2 aromatic rings. The Bertz CT molecular complexity index is 797. The van der Waals surface area contributed by atoms with Crippen LogP contribution >= 0.6 is 0 Å². The van der Waals surface area contributed by atoms with Gasteiger partial charge in [-0.3, -0.25) is 9.69 Å². The van der Waals surface area contributed by atoms with Gasteiger partial charge in [0.1, 0.15) is 11.8 Å². The maximum atomic E-state index is 13.0. The van der Waals surface area contributed by atoms with Crippen molar-refractivity contribution in [2.75, 3.05) is 39.4 Å². The molecule has 0 saturated carbocycles. The highest BCUT2D eigenvalue weighted by atomic mass is 16.5. The lowest BCUT2D eigenvalue weighted by Gasteiger charge is -2.43. The zero-order valence-electron chi connectivity index (χ0n) is 14.9. The molecule has 3 heterocycles. The summed E-state index contributed by atoms with van der Waals surface area (Å²) < 4.78 is 5.37. The number of para-hydroxylation sites is 1. The molecule has 7 heteroatoms. The van der Waals surface area contributed by atoms with Crippen LogP contribution in [0.25, 0.3) is 10.9 Å². The lowest BCUT2D eigenvalue weighted by atomic mass is 10.0. The number of nitrogens with zero attached hydrogens (tertiary/aromatic N) is 2. The van der Waals surface area contributed by atoms with Gasteiger partial charge in [-0.1, -0.05) is 18.2 Å². The predicted molar refractivity (Wildman–Crippen MR) is 97.1 cm³/mol. The van der Waals surface area contributed by atoms with Gasteiger partial charge in [0.2, 0.25) is 0 Å². The molecular formula is C19H25N3O4. The third kappa shape index (κ3) is 3.01. The number of aryl methyl sites for hydroxylation is 1. The van der Waals surface area contributed by atoms with Crippen molar-refractivity contribution in [2.24, 2.45) is 0 Å². The fraction of sp³-hybridized carbons (Fsp3) is 0.526. The summed E-state index contributed by atoms with van der Waals surface area (Å²) >= 11 is 0. The highest BCUT2D eigenvalue weighted by molar-refractivity contribution is 6.00. The Morgan fingerprint density at radius 1 is 1.15 bits per heavy atom. The Labute approximate surface area is 152 Å². The van der Waals surface area contributed by atoms with Crippen LogP contribution in [0, 0.1) is 6.92 Å². The summed E-state index contributed by atoms with van der Waals surface area (Å²) in [6.07, 6.45) is -1.65. The van der Waals surface area contributed by atoms with Gasteiger partial charge in [-0.15, -0.1) is 0 Å². The monoisotopic (exact) mass is 359 g/mol. The first-order valence-corrected chi connectivity index (χ1v) is 9.11. The normalized spacial score (nSPS) is 27.8. The third-order valence-electron chi connectivity index (χ3n) is 5.62. The number of hydrogen-bond acceptors (Lipinski definition) is 5. The second kappa shape index (κ2) is 7.00. The van der Waals surface area contributed by atoms with E-state index in [1.54, 1.807) is 0 Å². The number of carbonyl (C=O) groups is 1. The van der Waals surface area contributed by atoms with Crippen LogP contribution in [-0.2, 0) is 4.74 Å². The molecule has 2 saturated heterocycles. The number of fused-ring (bicyclic) bond motifs is 1. The molecule has 2 fully saturated rings. The molecule has 1 aromatic heterocycles. The first-order valence-electron chi connectivity index (χ1n) is 9.11. The molecule has 3 atom stereocenters. The molecule has 26 heavy (non-hydrogen) atoms. The van der Waals surface area contributed by atoms with E-state index in [9.17, 15) is 15.0 Å². The minimum absolute atomic E-state index is 0.0128. The van der Waals surface area contributed by atoms with Crippen LogP contribution in [0.5, 0.6) is 0 Å². The van der Waals surface area contributed by atoms with Crippen LogP contribution in [0.15, 0.2) is 24.3 Å². The minimum atomic E-state index is -0.845. The highest BCUT2D eigenvalue weighted by Crippen LogP contribution is 2.23. The van der Waals surface area contributed by atoms with Crippen molar-refractivity contribution >= 4 is 16.8 Å². The highest BCUT2D eigenvalue weighted by Gasteiger charge is 2.37. The van der Waals surface area contributed by atoms with Crippen molar-refractivity contribution in [2.45, 2.75) is 25.2 Å². The summed E-state index contributed by atoms with van der Waals surface area (Å²) in [5.41, 5.74) is 2.60. The number of amides is 1. The molecule has 2 aliphatic heterocycles. The molecule has 7 nitrogen and oxygen atoms in total. The molecule has 1 aromatic carbocycles. The number of benzene rings is 1. The van der Waals surface area contributed by atoms with Crippen molar-refractivity contribution in [3.05, 3.63) is 35.5 Å². The van der Waals surface area contributed by atoms with Crippen LogP contribution in [-0.4, -0.2) is 88.5 Å². The first-order chi connectivity index (χ1) is 12.6. The zero-order valence-corrected chi connectivity index (χ0v) is 14.9. The van der Waals surface area contributed by atoms with Crippen LogP contribution in [0.1, 0.15) is 16.1 Å². The molecule has 2 aliphatic rings. The lowest BCUT2D eigenvalue weighted by molar-refractivity contribution is -0.136. The molecule has 0 spiro atoms. The number of hydrogen-bond donors (Lipinski definition) is 3. The maximum Gasteiger partial charge on any atom is 0.270 e. The summed E-state index contributed by atoms with van der Waals surface area (Å²) in [5, 5.41) is 21.1. The van der Waals surface area contributed by atoms with Crippen LogP contribution in [0.3, 0.4) is 0 Å². The van der Waals surface area contributed by atoms with Gasteiger partial charge in [0, 0.05) is 37.1 Å². The van der Waals surface area contributed by atoms with Gasteiger partial charge in [0.15, 0.2) is 0 Å². The van der Waals surface area contributed by atoms with Gasteiger partial charge in [-0.05, 0) is 18.6 Å². The molecule has 3 N–H and O–H groups in total. The summed E-state index contributed by atoms with van der Waals surface area (Å²) in [5.74, 6) is 0.0128. The molecule has 4 rings (SSSR count). The standard InChI is InChI=1S/C19H25N3O4/c1-12-13-4-2-3-5-14(13)20-17(12)19(25)22-8-6-21(7-9-22)15-10-26-11-16(23)18(15)24/h2-5,15-16,18,20,23-24H,6-11H2,1H3/t15-,16-,18+/m1/s1. The van der Waals surface area contributed by atoms with Crippen molar-refractivity contribution in [3.63, 3.8) is 0 Å². The van der Waals surface area contributed by atoms with Crippen LogP contribution < -0.4 is 0 Å². The van der Waals surface area contributed by atoms with Gasteiger partial charge >= 0.3 is 0 Å². The number of aliphatic hydroxyl groups is 2. The molecule has 0 aliphatic carbocycles. The smallest absolute Gasteiger partial charge is 0.270 e. The van der Waals surface area contributed by atoms with Gasteiger partial charge in [0.25, 0.3) is 5.91 Å². The van der Waals surface area contributed by atoms with E-state index in [2.05, 4.69) is 9.88 Å². The topological polar surface area (TPSA) is 89.0 Å². The predicted octanol–water partition coefficient (Wildman–Crippen LogP) is 0.355. The Hall–Kier alpha value is -1.93. The summed E-state index contributed by atoms with van der Waals surface area (Å²) in [4.78, 5) is 20.2. The van der Waals surface area contributed by atoms with E-state index in [4.69, 9.17) is 4.74 Å². The number of piperazine rings is 1. The fourth-order valence-corrected chi connectivity index (χ4v) is 4.00. The molecule has 0 bridgehead atoms. The van der Waals surface area contributed by atoms with E-state index in [1.807, 2.05) is 36.1 Å². The van der Waals surface area contributed by atoms with E-state index in [-0.39, 0.29) is 18.6 Å². The van der Waals surface area contributed by atoms with Gasteiger partial charge in [-0.25, -0.2) is 0 Å². The minimum Gasteiger partial charge on any atom is -0.389 e. The Morgan fingerprint density at radius 2 is 1.88 bits per heavy atom. The number of H-pyrrole nitrogens is 1. The van der Waals surface area contributed by atoms with Crippen molar-refractivity contribution in [1.82, 2.24) is 14.8 Å². The van der Waals surface area contributed by atoms with E-state index in [0.29, 0.717) is 38.5 Å². The summed E-state index contributed by atoms with van der Waals surface area (Å²) in [7, 11) is 0. The van der Waals surface area contributed by atoms with Crippen molar-refractivity contribution in [3.8, 4) is 0 Å². The zero-order chi connectivity index (χ0) is 18.3. The lowest BCUT2D eigenvalue weighted by Crippen LogP contribution is -2.60. The number of aromatic amines is 1. The van der Waals surface area contributed by atoms with Gasteiger partial charge in [-0.2, -0.15) is 0 Å². The Kier molecular flexibility index (Phi) is 4.71. The Morgan fingerprint density at radius 3 is 2.62 bits per heavy atom. The largest absolute Gasteiger partial charge is 0.389 e. The van der Waals surface area contributed by atoms with E-state index >= 15 is 0 Å². The number of carbonyl (C=O) groups excluding carboxylic acids is 1. The summed E-state index contributed by atoms with van der Waals surface area (Å²) in [6.45, 7) is 5.05. The van der Waals surface area contributed by atoms with E-state index < -0.39 is 12.2 Å². The van der Waals surface area contributed by atoms with Crippen molar-refractivity contribution < 1.29 is 19.7 Å². The molecule has 140 valence electrons. The number of aromatic nitrogens is 1. The molecule has 1 amide bonds. The fourth-order valence-electron chi connectivity index (χ4n) is 4.00. The second-order valence-corrected chi connectivity index (χ2v) is 7.16. The molecule has 0 unspecified atom stereocenters. The first kappa shape index (κ1) is 17.5. The number of nitrogens with one attached hydrogen (secondary N) is 1. The van der Waals surface area contributed by atoms with E-state index in [0.717, 1.165) is 16.5 Å². The van der Waals surface area contributed by atoms with Gasteiger partial charge in [0.05, 0.1) is 25.4 Å². The molecular weight excluding hydrogens is 334 g/mol. The van der Waals surface area contributed by atoms with Gasteiger partial charge < -0.3 is 24.8 Å². The molecule has 0 radical (unpaired) electrons. The third-order valence-corrected chi connectivity index (χ3v) is 5.62. The summed E-state index contributed by atoms with van der Waals surface area (Å²) in [6, 6.07) is 7.71. The maximum absolute atomic E-state index is 13.0.